The van der Waals surface area contributed by atoms with Gasteiger partial charge in [0.2, 0.25) is 0 Å². The SMILES string of the molecule is CCn1cc(C(C)=O)c(=O)c2ccc(C(=O)c3ccc(CCN(CCCl)CCCl)cc3)cc21. The maximum atomic E-state index is 13.1. The molecule has 0 aliphatic carbocycles. The zero-order valence-electron chi connectivity index (χ0n) is 18.9. The maximum absolute atomic E-state index is 13.1. The molecule has 0 unspecified atom stereocenters. The molecular formula is C26H28Cl2N2O3. The zero-order valence-corrected chi connectivity index (χ0v) is 20.5. The van der Waals surface area contributed by atoms with E-state index in [9.17, 15) is 14.4 Å². The third kappa shape index (κ3) is 5.91. The van der Waals surface area contributed by atoms with Crippen LogP contribution >= 0.6 is 23.2 Å². The number of aryl methyl sites for hydroxylation is 1. The molecule has 0 radical (unpaired) electrons. The van der Waals surface area contributed by atoms with Gasteiger partial charge in [-0.05, 0) is 38.0 Å². The van der Waals surface area contributed by atoms with Crippen LogP contribution in [0.5, 0.6) is 0 Å². The lowest BCUT2D eigenvalue weighted by molar-refractivity contribution is 0.101. The van der Waals surface area contributed by atoms with Crippen molar-refractivity contribution in [3.63, 3.8) is 0 Å². The van der Waals surface area contributed by atoms with E-state index in [2.05, 4.69) is 4.90 Å². The smallest absolute Gasteiger partial charge is 0.200 e. The highest BCUT2D eigenvalue weighted by Crippen LogP contribution is 2.18. The van der Waals surface area contributed by atoms with Gasteiger partial charge in [-0.3, -0.25) is 14.4 Å². The average Bonchev–Trinajstić information content (AvgIpc) is 2.82. The number of rotatable bonds is 11. The molecule has 1 aromatic heterocycles. The number of halogens is 2. The van der Waals surface area contributed by atoms with E-state index in [1.54, 1.807) is 24.4 Å². The zero-order chi connectivity index (χ0) is 24.0. The molecule has 0 saturated heterocycles. The molecule has 3 aromatic rings. The van der Waals surface area contributed by atoms with Crippen molar-refractivity contribution in [2.45, 2.75) is 26.8 Å². The van der Waals surface area contributed by atoms with Gasteiger partial charge < -0.3 is 9.47 Å². The summed E-state index contributed by atoms with van der Waals surface area (Å²) >= 11 is 11.7. The Bertz CT molecular complexity index is 1200. The van der Waals surface area contributed by atoms with Gasteiger partial charge in [0.25, 0.3) is 0 Å². The third-order valence-electron chi connectivity index (χ3n) is 5.80. The Balaban J connectivity index is 1.83. The third-order valence-corrected chi connectivity index (χ3v) is 6.14. The normalized spacial score (nSPS) is 11.3. The second-order valence-corrected chi connectivity index (χ2v) is 8.70. The van der Waals surface area contributed by atoms with Gasteiger partial charge in [-0.2, -0.15) is 0 Å². The molecule has 0 aliphatic rings. The van der Waals surface area contributed by atoms with Crippen molar-refractivity contribution in [2.24, 2.45) is 0 Å². The van der Waals surface area contributed by atoms with Gasteiger partial charge in [0.1, 0.15) is 0 Å². The molecular weight excluding hydrogens is 459 g/mol. The number of aromatic nitrogens is 1. The first-order chi connectivity index (χ1) is 15.9. The van der Waals surface area contributed by atoms with Crippen LogP contribution < -0.4 is 5.43 Å². The van der Waals surface area contributed by atoms with Crippen LogP contribution in [0.4, 0.5) is 0 Å². The van der Waals surface area contributed by atoms with Crippen molar-refractivity contribution >= 4 is 45.7 Å². The van der Waals surface area contributed by atoms with E-state index in [1.807, 2.05) is 35.8 Å². The Morgan fingerprint density at radius 1 is 0.939 bits per heavy atom. The molecule has 33 heavy (non-hydrogen) atoms. The largest absolute Gasteiger partial charge is 0.347 e. The van der Waals surface area contributed by atoms with Crippen LogP contribution in [0.15, 0.2) is 53.5 Å². The number of carbonyl (C=O) groups excluding carboxylic acids is 2. The second kappa shape index (κ2) is 11.6. The van der Waals surface area contributed by atoms with Gasteiger partial charge in [0.05, 0.1) is 11.1 Å². The number of hydrogen-bond donors (Lipinski definition) is 0. The number of hydrogen-bond acceptors (Lipinski definition) is 4. The lowest BCUT2D eigenvalue weighted by Crippen LogP contribution is -2.30. The molecule has 7 heteroatoms. The Morgan fingerprint density at radius 3 is 2.15 bits per heavy atom. The molecule has 2 aromatic carbocycles. The quantitative estimate of drug-likeness (QED) is 0.289. The number of fused-ring (bicyclic) bond motifs is 1. The van der Waals surface area contributed by atoms with Crippen LogP contribution in [0, 0.1) is 0 Å². The summed E-state index contributed by atoms with van der Waals surface area (Å²) in [4.78, 5) is 39.9. The van der Waals surface area contributed by atoms with E-state index in [-0.39, 0.29) is 22.6 Å². The molecule has 174 valence electrons. The van der Waals surface area contributed by atoms with Gasteiger partial charge in [0, 0.05) is 60.6 Å². The number of nitrogens with zero attached hydrogens (tertiary/aromatic N) is 2. The van der Waals surface area contributed by atoms with Gasteiger partial charge in [0.15, 0.2) is 17.0 Å². The first-order valence-electron chi connectivity index (χ1n) is 11.1. The number of ketones is 2. The second-order valence-electron chi connectivity index (χ2n) is 7.94. The molecule has 0 fully saturated rings. The minimum absolute atomic E-state index is 0.111. The number of carbonyl (C=O) groups is 2. The summed E-state index contributed by atoms with van der Waals surface area (Å²) in [6, 6.07) is 12.6. The summed E-state index contributed by atoms with van der Waals surface area (Å²) in [5.74, 6) is 0.758. The highest BCUT2D eigenvalue weighted by atomic mass is 35.5. The van der Waals surface area contributed by atoms with E-state index in [0.717, 1.165) is 31.6 Å². The summed E-state index contributed by atoms with van der Waals surface area (Å²) in [5, 5.41) is 0.440. The van der Waals surface area contributed by atoms with Crippen molar-refractivity contribution in [1.29, 1.82) is 0 Å². The minimum atomic E-state index is -0.303. The molecule has 0 bridgehead atoms. The predicted molar refractivity (Wildman–Crippen MR) is 135 cm³/mol. The average molecular weight is 487 g/mol. The van der Waals surface area contributed by atoms with Crippen LogP contribution in [-0.2, 0) is 13.0 Å². The Kier molecular flexibility index (Phi) is 8.84. The van der Waals surface area contributed by atoms with Crippen molar-refractivity contribution in [1.82, 2.24) is 9.47 Å². The van der Waals surface area contributed by atoms with Crippen molar-refractivity contribution in [3.05, 3.63) is 81.1 Å². The summed E-state index contributed by atoms with van der Waals surface area (Å²) in [5.41, 5.74) is 2.73. The first kappa shape index (κ1) is 25.2. The summed E-state index contributed by atoms with van der Waals surface area (Å²) in [6.45, 7) is 6.34. The number of pyridine rings is 1. The van der Waals surface area contributed by atoms with Crippen LogP contribution in [-0.4, -0.2) is 52.4 Å². The fourth-order valence-corrected chi connectivity index (χ4v) is 4.37. The van der Waals surface area contributed by atoms with E-state index >= 15 is 0 Å². The van der Waals surface area contributed by atoms with E-state index in [4.69, 9.17) is 23.2 Å². The minimum Gasteiger partial charge on any atom is -0.347 e. The number of benzene rings is 2. The van der Waals surface area contributed by atoms with Gasteiger partial charge in [-0.25, -0.2) is 0 Å². The fraction of sp³-hybridized carbons (Fsp3) is 0.346. The molecule has 0 saturated carbocycles. The highest BCUT2D eigenvalue weighted by Gasteiger charge is 2.15. The molecule has 0 amide bonds. The lowest BCUT2D eigenvalue weighted by Gasteiger charge is -2.19. The van der Waals surface area contributed by atoms with Gasteiger partial charge in [-0.1, -0.05) is 30.3 Å². The summed E-state index contributed by atoms with van der Waals surface area (Å²) in [7, 11) is 0. The van der Waals surface area contributed by atoms with Crippen molar-refractivity contribution in [2.75, 3.05) is 31.4 Å². The Hall–Kier alpha value is -2.47. The molecule has 3 rings (SSSR count). The standard InChI is InChI=1S/C26H28Cl2N2O3/c1-3-30-17-23(18(2)31)26(33)22-9-8-21(16-24(22)30)25(32)20-6-4-19(5-7-20)10-13-29(14-11-27)15-12-28/h4-9,16-17H,3,10-15H2,1-2H3. The van der Waals surface area contributed by atoms with Crippen LogP contribution in [0.2, 0.25) is 0 Å². The fourth-order valence-electron chi connectivity index (χ4n) is 3.90. The number of alkyl halides is 2. The lowest BCUT2D eigenvalue weighted by atomic mass is 9.99. The summed E-state index contributed by atoms with van der Waals surface area (Å²) in [6.07, 6.45) is 2.42. The van der Waals surface area contributed by atoms with E-state index < -0.39 is 0 Å². The molecule has 5 nitrogen and oxygen atoms in total. The molecule has 1 heterocycles. The van der Waals surface area contributed by atoms with Gasteiger partial charge >= 0.3 is 0 Å². The Labute approximate surface area is 203 Å². The van der Waals surface area contributed by atoms with Crippen LogP contribution in [0.25, 0.3) is 10.9 Å². The van der Waals surface area contributed by atoms with Crippen molar-refractivity contribution in [3.8, 4) is 0 Å². The van der Waals surface area contributed by atoms with Gasteiger partial charge in [-0.15, -0.1) is 23.2 Å². The molecule has 0 spiro atoms. The van der Waals surface area contributed by atoms with Crippen LogP contribution in [0.1, 0.15) is 45.7 Å². The van der Waals surface area contributed by atoms with Crippen LogP contribution in [0.3, 0.4) is 0 Å². The Morgan fingerprint density at radius 2 is 1.58 bits per heavy atom. The molecule has 0 atom stereocenters. The highest BCUT2D eigenvalue weighted by molar-refractivity contribution is 6.18. The predicted octanol–water partition coefficient (Wildman–Crippen LogP) is 4.78. The number of Topliss-reactive ketones (excluding diaryl/α,β-unsaturated/α-hetero) is 1. The molecule has 0 N–H and O–H groups in total. The van der Waals surface area contributed by atoms with E-state index in [0.29, 0.717) is 40.3 Å². The summed E-state index contributed by atoms with van der Waals surface area (Å²) < 4.78 is 1.83. The monoisotopic (exact) mass is 486 g/mol. The maximum Gasteiger partial charge on any atom is 0.200 e. The topological polar surface area (TPSA) is 59.4 Å². The molecule has 0 aliphatic heterocycles. The van der Waals surface area contributed by atoms with Crippen molar-refractivity contribution < 1.29 is 9.59 Å². The first-order valence-corrected chi connectivity index (χ1v) is 12.1. The van der Waals surface area contributed by atoms with E-state index in [1.165, 1.54) is 6.92 Å².